The summed E-state index contributed by atoms with van der Waals surface area (Å²) in [5, 5.41) is 1.12. The maximum atomic E-state index is 3.52. The molecule has 0 amide bonds. The Morgan fingerprint density at radius 3 is 2.00 bits per heavy atom. The number of halogens is 1. The Balaban J connectivity index is 3.40. The summed E-state index contributed by atoms with van der Waals surface area (Å²) in [6, 6.07) is 0. The monoisotopic (exact) mass is 263 g/mol. The van der Waals surface area contributed by atoms with Crippen molar-refractivity contribution in [2.45, 2.75) is 52.4 Å². The van der Waals surface area contributed by atoms with Crippen LogP contribution in [0, 0.1) is 0 Å². The van der Waals surface area contributed by atoms with Crippen molar-refractivity contribution in [3.63, 3.8) is 0 Å². The molecule has 2 heteroatoms. The van der Waals surface area contributed by atoms with Gasteiger partial charge in [-0.05, 0) is 25.9 Å². The van der Waals surface area contributed by atoms with Crippen LogP contribution in [0.1, 0.15) is 52.4 Å². The molecule has 0 aliphatic rings. The van der Waals surface area contributed by atoms with Gasteiger partial charge in [-0.1, -0.05) is 55.5 Å². The van der Waals surface area contributed by atoms with Crippen LogP contribution in [0.15, 0.2) is 0 Å². The lowest BCUT2D eigenvalue weighted by atomic mass is 10.2. The number of unbranched alkanes of at least 4 members (excludes halogenated alkanes) is 4. The van der Waals surface area contributed by atoms with Gasteiger partial charge in [0, 0.05) is 11.9 Å². The molecule has 0 aromatic rings. The average molecular weight is 264 g/mol. The van der Waals surface area contributed by atoms with Gasteiger partial charge in [0.15, 0.2) is 0 Å². The van der Waals surface area contributed by atoms with Crippen molar-refractivity contribution in [1.29, 1.82) is 0 Å². The van der Waals surface area contributed by atoms with E-state index in [1.165, 1.54) is 58.2 Å². The molecule has 0 spiro atoms. The van der Waals surface area contributed by atoms with Gasteiger partial charge in [0.05, 0.1) is 0 Å². The fourth-order valence-corrected chi connectivity index (χ4v) is 2.10. The van der Waals surface area contributed by atoms with E-state index in [0.717, 1.165) is 5.33 Å². The molecular formula is C12H26BrN. The normalized spacial score (nSPS) is 11.1. The summed E-state index contributed by atoms with van der Waals surface area (Å²) in [6.45, 7) is 8.34. The Morgan fingerprint density at radius 2 is 1.43 bits per heavy atom. The summed E-state index contributed by atoms with van der Waals surface area (Å²) in [7, 11) is 0. The zero-order valence-corrected chi connectivity index (χ0v) is 11.5. The molecule has 0 unspecified atom stereocenters. The van der Waals surface area contributed by atoms with Crippen LogP contribution in [-0.2, 0) is 0 Å². The molecule has 0 aromatic heterocycles. The standard InChI is InChI=1S/C12H26BrN/c1-3-5-7-8-11-14(12-9-13)10-6-4-2/h3-12H2,1-2H3. The highest BCUT2D eigenvalue weighted by molar-refractivity contribution is 9.09. The van der Waals surface area contributed by atoms with E-state index in [0.29, 0.717) is 0 Å². The molecule has 0 radical (unpaired) electrons. The average Bonchev–Trinajstić information content (AvgIpc) is 2.20. The van der Waals surface area contributed by atoms with E-state index in [2.05, 4.69) is 34.7 Å². The van der Waals surface area contributed by atoms with Gasteiger partial charge in [0.1, 0.15) is 0 Å². The van der Waals surface area contributed by atoms with Crippen LogP contribution in [0.4, 0.5) is 0 Å². The summed E-state index contributed by atoms with van der Waals surface area (Å²) in [6.07, 6.45) is 8.18. The fourth-order valence-electron chi connectivity index (χ4n) is 1.60. The third-order valence-corrected chi connectivity index (χ3v) is 2.91. The zero-order chi connectivity index (χ0) is 10.6. The molecule has 0 atom stereocenters. The van der Waals surface area contributed by atoms with Crippen LogP contribution in [0.25, 0.3) is 0 Å². The highest BCUT2D eigenvalue weighted by Crippen LogP contribution is 2.03. The first-order chi connectivity index (χ1) is 6.85. The fraction of sp³-hybridized carbons (Fsp3) is 1.00. The highest BCUT2D eigenvalue weighted by Gasteiger charge is 2.02. The third-order valence-electron chi connectivity index (χ3n) is 2.56. The van der Waals surface area contributed by atoms with E-state index in [-0.39, 0.29) is 0 Å². The quantitative estimate of drug-likeness (QED) is 0.425. The smallest absolute Gasteiger partial charge is 0.0159 e. The van der Waals surface area contributed by atoms with Gasteiger partial charge in [-0.15, -0.1) is 0 Å². The van der Waals surface area contributed by atoms with Crippen molar-refractivity contribution < 1.29 is 0 Å². The van der Waals surface area contributed by atoms with Gasteiger partial charge in [-0.2, -0.15) is 0 Å². The maximum Gasteiger partial charge on any atom is 0.0159 e. The van der Waals surface area contributed by atoms with Gasteiger partial charge >= 0.3 is 0 Å². The minimum Gasteiger partial charge on any atom is -0.303 e. The highest BCUT2D eigenvalue weighted by atomic mass is 79.9. The molecule has 0 N–H and O–H groups in total. The molecule has 0 rings (SSSR count). The van der Waals surface area contributed by atoms with Gasteiger partial charge < -0.3 is 4.90 Å². The topological polar surface area (TPSA) is 3.24 Å². The molecule has 0 aliphatic heterocycles. The molecule has 0 saturated carbocycles. The molecular weight excluding hydrogens is 238 g/mol. The lowest BCUT2D eigenvalue weighted by Gasteiger charge is -2.20. The largest absolute Gasteiger partial charge is 0.303 e. The molecule has 0 heterocycles. The molecule has 0 aliphatic carbocycles. The predicted octanol–water partition coefficient (Wildman–Crippen LogP) is 4.06. The van der Waals surface area contributed by atoms with Crippen LogP contribution in [0.2, 0.25) is 0 Å². The summed E-state index contributed by atoms with van der Waals surface area (Å²) < 4.78 is 0. The maximum absolute atomic E-state index is 3.52. The molecule has 1 nitrogen and oxygen atoms in total. The Kier molecular flexibility index (Phi) is 11.9. The van der Waals surface area contributed by atoms with Crippen molar-refractivity contribution in [3.8, 4) is 0 Å². The number of hydrogen-bond donors (Lipinski definition) is 0. The van der Waals surface area contributed by atoms with Crippen LogP contribution < -0.4 is 0 Å². The summed E-state index contributed by atoms with van der Waals surface area (Å²) in [5.41, 5.74) is 0. The summed E-state index contributed by atoms with van der Waals surface area (Å²) in [5.74, 6) is 0. The molecule has 0 saturated heterocycles. The van der Waals surface area contributed by atoms with Crippen molar-refractivity contribution in [2.24, 2.45) is 0 Å². The van der Waals surface area contributed by atoms with Crippen molar-refractivity contribution in [3.05, 3.63) is 0 Å². The van der Waals surface area contributed by atoms with Gasteiger partial charge in [-0.25, -0.2) is 0 Å². The zero-order valence-electron chi connectivity index (χ0n) is 9.90. The number of hydrogen-bond acceptors (Lipinski definition) is 1. The first kappa shape index (κ1) is 14.4. The van der Waals surface area contributed by atoms with E-state index in [9.17, 15) is 0 Å². The Morgan fingerprint density at radius 1 is 0.786 bits per heavy atom. The van der Waals surface area contributed by atoms with E-state index in [1.54, 1.807) is 0 Å². The molecule has 14 heavy (non-hydrogen) atoms. The Labute approximate surface area is 98.4 Å². The lowest BCUT2D eigenvalue weighted by molar-refractivity contribution is 0.279. The van der Waals surface area contributed by atoms with Crippen molar-refractivity contribution in [2.75, 3.05) is 25.0 Å². The van der Waals surface area contributed by atoms with Crippen LogP contribution >= 0.6 is 15.9 Å². The summed E-state index contributed by atoms with van der Waals surface area (Å²) >= 11 is 3.52. The van der Waals surface area contributed by atoms with Crippen LogP contribution in [0.3, 0.4) is 0 Å². The van der Waals surface area contributed by atoms with E-state index < -0.39 is 0 Å². The minimum atomic E-state index is 1.12. The Hall–Kier alpha value is 0.440. The van der Waals surface area contributed by atoms with Crippen molar-refractivity contribution in [1.82, 2.24) is 4.90 Å². The van der Waals surface area contributed by atoms with E-state index in [1.807, 2.05) is 0 Å². The van der Waals surface area contributed by atoms with E-state index in [4.69, 9.17) is 0 Å². The SMILES string of the molecule is CCCCCCN(CCBr)CCCC. The third kappa shape index (κ3) is 9.01. The molecule has 0 bridgehead atoms. The van der Waals surface area contributed by atoms with E-state index >= 15 is 0 Å². The molecule has 86 valence electrons. The molecule has 0 aromatic carbocycles. The molecule has 0 fully saturated rings. The number of rotatable bonds is 10. The lowest BCUT2D eigenvalue weighted by Crippen LogP contribution is -2.28. The number of nitrogens with zero attached hydrogens (tertiary/aromatic N) is 1. The second-order valence-corrected chi connectivity index (χ2v) is 4.74. The Bertz CT molecular complexity index is 106. The first-order valence-electron chi connectivity index (χ1n) is 6.13. The van der Waals surface area contributed by atoms with Gasteiger partial charge in [0.2, 0.25) is 0 Å². The number of alkyl halides is 1. The second-order valence-electron chi connectivity index (χ2n) is 3.94. The second kappa shape index (κ2) is 11.5. The van der Waals surface area contributed by atoms with Gasteiger partial charge in [-0.3, -0.25) is 0 Å². The minimum absolute atomic E-state index is 1.12. The van der Waals surface area contributed by atoms with Crippen LogP contribution in [-0.4, -0.2) is 29.9 Å². The van der Waals surface area contributed by atoms with Gasteiger partial charge in [0.25, 0.3) is 0 Å². The predicted molar refractivity (Wildman–Crippen MR) is 69.3 cm³/mol. The van der Waals surface area contributed by atoms with Crippen LogP contribution in [0.5, 0.6) is 0 Å². The summed E-state index contributed by atoms with van der Waals surface area (Å²) in [4.78, 5) is 2.59. The first-order valence-corrected chi connectivity index (χ1v) is 7.25. The van der Waals surface area contributed by atoms with Crippen molar-refractivity contribution >= 4 is 15.9 Å².